The number of nitrogens with one attached hydrogen (secondary N) is 1. The summed E-state index contributed by atoms with van der Waals surface area (Å²) in [6.07, 6.45) is 0.624. The Morgan fingerprint density at radius 1 is 1.09 bits per heavy atom. The van der Waals surface area contributed by atoms with E-state index in [9.17, 15) is 13.2 Å². The fourth-order valence-electron chi connectivity index (χ4n) is 3.75. The molecule has 4 aromatic rings. The third-order valence-corrected chi connectivity index (χ3v) is 7.18. The number of benzene rings is 2. The number of ether oxygens (including phenoxy) is 1. The number of fused-ring (bicyclic) bond motifs is 3. The Bertz CT molecular complexity index is 1650. The molecule has 2 aromatic carbocycles. The maximum Gasteiger partial charge on any atom is 0.281 e. The van der Waals surface area contributed by atoms with E-state index < -0.39 is 15.4 Å². The predicted octanol–water partition coefficient (Wildman–Crippen LogP) is 2.29. The van der Waals surface area contributed by atoms with Crippen molar-refractivity contribution in [2.24, 2.45) is 10.2 Å². The van der Waals surface area contributed by atoms with Crippen molar-refractivity contribution in [3.05, 3.63) is 57.9 Å². The van der Waals surface area contributed by atoms with Gasteiger partial charge in [0, 0.05) is 18.2 Å². The largest absolute Gasteiger partial charge is 0.497 e. The summed E-state index contributed by atoms with van der Waals surface area (Å²) in [6.45, 7) is 3.59. The monoisotopic (exact) mass is 450 g/mol. The van der Waals surface area contributed by atoms with Gasteiger partial charge in [-0.2, -0.15) is 15.2 Å². The second-order valence-corrected chi connectivity index (χ2v) is 9.35. The summed E-state index contributed by atoms with van der Waals surface area (Å²) in [5.74, 6) is 0.511. The number of aromatic nitrogens is 4. The van der Waals surface area contributed by atoms with Crippen LogP contribution in [0, 0.1) is 6.92 Å². The Labute approximate surface area is 182 Å². The number of aromatic amines is 1. The molecule has 0 spiro atoms. The summed E-state index contributed by atoms with van der Waals surface area (Å²) in [7, 11) is -2.57. The minimum atomic E-state index is -4.07. The Morgan fingerprint density at radius 3 is 2.59 bits per heavy atom. The minimum absolute atomic E-state index is 0.0754. The van der Waals surface area contributed by atoms with Crippen LogP contribution in [0.1, 0.15) is 24.5 Å². The summed E-state index contributed by atoms with van der Waals surface area (Å²) in [5.41, 5.74) is 2.80. The van der Waals surface area contributed by atoms with Crippen molar-refractivity contribution in [3.63, 3.8) is 0 Å². The zero-order chi connectivity index (χ0) is 22.6. The van der Waals surface area contributed by atoms with Gasteiger partial charge in [-0.05, 0) is 49.2 Å². The van der Waals surface area contributed by atoms with Crippen molar-refractivity contribution in [2.45, 2.75) is 30.2 Å². The normalized spacial score (nSPS) is 14.1. The molecule has 0 aliphatic carbocycles. The fourth-order valence-corrected chi connectivity index (χ4v) is 5.22. The van der Waals surface area contributed by atoms with E-state index in [2.05, 4.69) is 25.5 Å². The maximum absolute atomic E-state index is 13.5. The lowest BCUT2D eigenvalue weighted by atomic mass is 10.0. The molecule has 2 aromatic heterocycles. The summed E-state index contributed by atoms with van der Waals surface area (Å²) in [6, 6.07) is 9.80. The first-order chi connectivity index (χ1) is 15.3. The van der Waals surface area contributed by atoms with E-state index >= 15 is 0 Å². The lowest BCUT2D eigenvalue weighted by Gasteiger charge is -2.08. The quantitative estimate of drug-likeness (QED) is 0.507. The number of hydrogen-bond donors (Lipinski definition) is 1. The zero-order valence-electron chi connectivity index (χ0n) is 17.4. The van der Waals surface area contributed by atoms with Gasteiger partial charge in [-0.15, -0.1) is 5.10 Å². The molecular weight excluding hydrogens is 432 g/mol. The molecule has 11 heteroatoms. The first kappa shape index (κ1) is 20.1. The van der Waals surface area contributed by atoms with E-state index in [0.29, 0.717) is 28.6 Å². The van der Waals surface area contributed by atoms with Gasteiger partial charge in [-0.25, -0.2) is 18.1 Å². The van der Waals surface area contributed by atoms with Crippen LogP contribution >= 0.6 is 0 Å². The molecular formula is C21H18N6O4S. The van der Waals surface area contributed by atoms with Crippen molar-refractivity contribution < 1.29 is 13.2 Å². The van der Waals surface area contributed by atoms with Crippen LogP contribution in [0.4, 0.5) is 0 Å². The molecule has 32 heavy (non-hydrogen) atoms. The smallest absolute Gasteiger partial charge is 0.281 e. The van der Waals surface area contributed by atoms with Gasteiger partial charge in [0.15, 0.2) is 5.65 Å². The minimum Gasteiger partial charge on any atom is -0.497 e. The zero-order valence-corrected chi connectivity index (χ0v) is 18.3. The second-order valence-electron chi connectivity index (χ2n) is 7.52. The predicted molar refractivity (Wildman–Crippen MR) is 119 cm³/mol. The van der Waals surface area contributed by atoms with Crippen LogP contribution in [-0.4, -0.2) is 46.8 Å². The molecule has 162 valence electrons. The van der Waals surface area contributed by atoms with E-state index in [1.54, 1.807) is 37.3 Å². The van der Waals surface area contributed by atoms with Gasteiger partial charge >= 0.3 is 0 Å². The molecule has 0 saturated carbocycles. The molecule has 0 atom stereocenters. The number of methoxy groups -OCH3 is 1. The van der Waals surface area contributed by atoms with Crippen molar-refractivity contribution in [1.82, 2.24) is 19.8 Å². The van der Waals surface area contributed by atoms with Crippen LogP contribution in [0.2, 0.25) is 0 Å². The molecule has 0 radical (unpaired) electrons. The summed E-state index contributed by atoms with van der Waals surface area (Å²) in [4.78, 5) is 16.6. The first-order valence-corrected chi connectivity index (χ1v) is 11.2. The molecule has 1 N–H and O–H groups in total. The average molecular weight is 450 g/mol. The Morgan fingerprint density at radius 2 is 1.91 bits per heavy atom. The molecule has 3 heterocycles. The molecule has 1 aliphatic rings. The van der Waals surface area contributed by atoms with Crippen LogP contribution < -0.4 is 10.3 Å². The molecule has 0 bridgehead atoms. The standard InChI is InChI=1S/C21H18N6O4S/c1-11-8-13(16-9-12(2)23-24-16)4-7-18(11)32(29,30)21-19-22-20(28)15-6-5-14(31-3)10-17(15)27(19)26-25-21/h4-8,10,26H,9H2,1-3H3. The Hall–Kier alpha value is -3.86. The first-order valence-electron chi connectivity index (χ1n) is 9.70. The van der Waals surface area contributed by atoms with E-state index in [1.807, 2.05) is 6.92 Å². The van der Waals surface area contributed by atoms with Crippen LogP contribution in [0.25, 0.3) is 16.6 Å². The van der Waals surface area contributed by atoms with E-state index in [4.69, 9.17) is 4.74 Å². The maximum atomic E-state index is 13.5. The van der Waals surface area contributed by atoms with Crippen molar-refractivity contribution in [2.75, 3.05) is 7.11 Å². The summed E-state index contributed by atoms with van der Waals surface area (Å²) in [5, 5.41) is 14.8. The highest BCUT2D eigenvalue weighted by Crippen LogP contribution is 2.28. The van der Waals surface area contributed by atoms with Crippen LogP contribution in [0.3, 0.4) is 0 Å². The van der Waals surface area contributed by atoms with Crippen molar-refractivity contribution in [1.29, 1.82) is 0 Å². The molecule has 0 unspecified atom stereocenters. The third kappa shape index (κ3) is 3.01. The highest BCUT2D eigenvalue weighted by atomic mass is 32.2. The van der Waals surface area contributed by atoms with Crippen LogP contribution in [0.5, 0.6) is 5.75 Å². The van der Waals surface area contributed by atoms with Gasteiger partial charge in [0.2, 0.25) is 14.9 Å². The van der Waals surface area contributed by atoms with E-state index in [-0.39, 0.29) is 15.6 Å². The number of H-pyrrole nitrogens is 1. The van der Waals surface area contributed by atoms with Gasteiger partial charge in [0.1, 0.15) is 5.75 Å². The number of aryl methyl sites for hydroxylation is 1. The number of sulfone groups is 1. The molecule has 0 saturated heterocycles. The molecule has 0 amide bonds. The van der Waals surface area contributed by atoms with Gasteiger partial charge in [0.25, 0.3) is 5.56 Å². The van der Waals surface area contributed by atoms with Crippen LogP contribution in [-0.2, 0) is 9.84 Å². The topological polar surface area (TPSA) is 131 Å². The van der Waals surface area contributed by atoms with Crippen molar-refractivity contribution in [3.8, 4) is 5.75 Å². The van der Waals surface area contributed by atoms with Gasteiger partial charge in [-0.3, -0.25) is 4.79 Å². The second kappa shape index (κ2) is 7.09. The third-order valence-electron chi connectivity index (χ3n) is 5.36. The van der Waals surface area contributed by atoms with Crippen molar-refractivity contribution >= 4 is 37.8 Å². The lowest BCUT2D eigenvalue weighted by Crippen LogP contribution is -2.13. The van der Waals surface area contributed by atoms with E-state index in [1.165, 1.54) is 17.7 Å². The molecule has 0 fully saturated rings. The molecule has 1 aliphatic heterocycles. The SMILES string of the molecule is COc1ccc2c(=O)nc3c(S(=O)(=O)c4ccc(C5=NN=C(C)C5)cc4C)n[nH]n3c2c1. The average Bonchev–Trinajstić information content (AvgIpc) is 3.40. The fraction of sp³-hybridized carbons (Fsp3) is 0.190. The van der Waals surface area contributed by atoms with E-state index in [0.717, 1.165) is 17.0 Å². The lowest BCUT2D eigenvalue weighted by molar-refractivity contribution is 0.415. The van der Waals surface area contributed by atoms with Crippen LogP contribution in [0.15, 0.2) is 61.3 Å². The number of hydrogen-bond acceptors (Lipinski definition) is 8. The highest BCUT2D eigenvalue weighted by Gasteiger charge is 2.28. The summed E-state index contributed by atoms with van der Waals surface area (Å²) >= 11 is 0. The van der Waals surface area contributed by atoms with Gasteiger partial charge in [0.05, 0.1) is 28.6 Å². The molecule has 10 nitrogen and oxygen atoms in total. The van der Waals surface area contributed by atoms with Gasteiger partial charge < -0.3 is 4.74 Å². The number of rotatable bonds is 4. The van der Waals surface area contributed by atoms with Gasteiger partial charge in [-0.1, -0.05) is 6.07 Å². The Balaban J connectivity index is 1.66. The molecule has 5 rings (SSSR count). The highest BCUT2D eigenvalue weighted by molar-refractivity contribution is 7.91. The summed E-state index contributed by atoms with van der Waals surface area (Å²) < 4.78 is 33.5. The number of nitrogens with zero attached hydrogens (tertiary/aromatic N) is 5. The Kier molecular flexibility index (Phi) is 4.45.